The van der Waals surface area contributed by atoms with Crippen LogP contribution in [0.25, 0.3) is 0 Å². The lowest BCUT2D eigenvalue weighted by Gasteiger charge is -2.39. The van der Waals surface area contributed by atoms with Crippen LogP contribution in [0.2, 0.25) is 0 Å². The summed E-state index contributed by atoms with van der Waals surface area (Å²) in [5.74, 6) is 1.29. The van der Waals surface area contributed by atoms with Gasteiger partial charge in [0.2, 0.25) is 5.88 Å². The average molecular weight is 478 g/mol. The van der Waals surface area contributed by atoms with Gasteiger partial charge in [0.05, 0.1) is 25.6 Å². The summed E-state index contributed by atoms with van der Waals surface area (Å²) in [6, 6.07) is 9.79. The second-order valence-electron chi connectivity index (χ2n) is 8.72. The first kappa shape index (κ1) is 25.2. The van der Waals surface area contributed by atoms with Crippen molar-refractivity contribution in [2.75, 3.05) is 12.9 Å². The van der Waals surface area contributed by atoms with Gasteiger partial charge in [0, 0.05) is 6.04 Å². The third-order valence-electron chi connectivity index (χ3n) is 6.38. The summed E-state index contributed by atoms with van der Waals surface area (Å²) in [6.07, 6.45) is 8.05. The molecule has 1 heterocycles. The highest BCUT2D eigenvalue weighted by Crippen LogP contribution is 2.35. The Morgan fingerprint density at radius 3 is 2.55 bits per heavy atom. The Morgan fingerprint density at radius 2 is 1.94 bits per heavy atom. The zero-order valence-corrected chi connectivity index (χ0v) is 20.5. The maximum atomic E-state index is 13.1. The van der Waals surface area contributed by atoms with Crippen molar-refractivity contribution in [3.8, 4) is 5.88 Å². The van der Waals surface area contributed by atoms with Gasteiger partial charge in [0.1, 0.15) is 12.2 Å². The summed E-state index contributed by atoms with van der Waals surface area (Å²) in [5, 5.41) is 7.44. The van der Waals surface area contributed by atoms with E-state index in [0.717, 1.165) is 43.9 Å². The summed E-state index contributed by atoms with van der Waals surface area (Å²) < 4.78 is 34.9. The number of benzene rings is 1. The predicted molar refractivity (Wildman–Crippen MR) is 126 cm³/mol. The molecule has 3 rings (SSSR count). The van der Waals surface area contributed by atoms with E-state index in [0.29, 0.717) is 23.3 Å². The second kappa shape index (κ2) is 11.7. The molecule has 0 spiro atoms. The highest BCUT2D eigenvalue weighted by atomic mass is 32.2. The highest BCUT2D eigenvalue weighted by Gasteiger charge is 2.34. The molecule has 2 atom stereocenters. The molecule has 1 aliphatic carbocycles. The van der Waals surface area contributed by atoms with Crippen LogP contribution in [0.1, 0.15) is 61.9 Å². The lowest BCUT2D eigenvalue weighted by molar-refractivity contribution is 0.0846. The number of ether oxygens (including phenoxy) is 1. The van der Waals surface area contributed by atoms with Crippen LogP contribution in [0.15, 0.2) is 36.5 Å². The van der Waals surface area contributed by atoms with Gasteiger partial charge < -0.3 is 10.1 Å². The highest BCUT2D eigenvalue weighted by molar-refractivity contribution is 7.85. The molecule has 0 aliphatic heterocycles. The molecule has 1 saturated carbocycles. The molecular formula is C24H35N3O5S. The molecule has 182 valence electrons. The minimum atomic E-state index is -3.57. The number of nitrogens with one attached hydrogen (secondary N) is 1. The van der Waals surface area contributed by atoms with E-state index in [9.17, 15) is 13.2 Å². The first-order valence-electron chi connectivity index (χ1n) is 11.7. The standard InChI is InChI=1S/C24H35N3O5S/c1-4-18(5-2)15-20-11-12-22(20)26-23(28)21-16-25-27(13-14-32-33(3,29)30)24(21)31-17-19-9-7-6-8-10-19/h6-10,16,18,20,22H,4-5,11-15,17H2,1-3H3,(H,26,28). The number of aromatic nitrogens is 2. The summed E-state index contributed by atoms with van der Waals surface area (Å²) in [4.78, 5) is 13.1. The number of hydrogen-bond acceptors (Lipinski definition) is 6. The van der Waals surface area contributed by atoms with Crippen LogP contribution in [-0.4, -0.2) is 43.0 Å². The molecule has 1 amide bonds. The minimum Gasteiger partial charge on any atom is -0.472 e. The summed E-state index contributed by atoms with van der Waals surface area (Å²) in [7, 11) is -3.57. The van der Waals surface area contributed by atoms with E-state index in [1.165, 1.54) is 10.9 Å². The smallest absolute Gasteiger partial charge is 0.264 e. The first-order chi connectivity index (χ1) is 15.8. The Labute approximate surface area is 196 Å². The molecule has 1 aliphatic rings. The Hall–Kier alpha value is -2.39. The van der Waals surface area contributed by atoms with Crippen molar-refractivity contribution in [3.05, 3.63) is 47.7 Å². The maximum Gasteiger partial charge on any atom is 0.264 e. The molecule has 1 fully saturated rings. The molecule has 33 heavy (non-hydrogen) atoms. The average Bonchev–Trinajstić information content (AvgIpc) is 3.18. The molecule has 2 aromatic rings. The maximum absolute atomic E-state index is 13.1. The number of nitrogens with zero attached hydrogens (tertiary/aromatic N) is 2. The van der Waals surface area contributed by atoms with E-state index in [4.69, 9.17) is 8.92 Å². The van der Waals surface area contributed by atoms with E-state index in [1.54, 1.807) is 0 Å². The fourth-order valence-corrected chi connectivity index (χ4v) is 4.56. The largest absolute Gasteiger partial charge is 0.472 e. The van der Waals surface area contributed by atoms with Gasteiger partial charge in [-0.15, -0.1) is 0 Å². The van der Waals surface area contributed by atoms with Crippen molar-refractivity contribution >= 4 is 16.0 Å². The Bertz CT molecular complexity index is 1000. The van der Waals surface area contributed by atoms with Gasteiger partial charge in [-0.1, -0.05) is 57.0 Å². The number of rotatable bonds is 13. The minimum absolute atomic E-state index is 0.0939. The van der Waals surface area contributed by atoms with E-state index in [2.05, 4.69) is 24.3 Å². The number of hydrogen-bond donors (Lipinski definition) is 1. The quantitative estimate of drug-likeness (QED) is 0.441. The molecule has 1 aromatic carbocycles. The monoisotopic (exact) mass is 477 g/mol. The Kier molecular flexibility index (Phi) is 8.91. The second-order valence-corrected chi connectivity index (χ2v) is 10.4. The molecule has 0 radical (unpaired) electrons. The lowest BCUT2D eigenvalue weighted by Crippen LogP contribution is -2.47. The summed E-state index contributed by atoms with van der Waals surface area (Å²) >= 11 is 0. The van der Waals surface area contributed by atoms with E-state index < -0.39 is 10.1 Å². The van der Waals surface area contributed by atoms with Crippen LogP contribution >= 0.6 is 0 Å². The molecule has 0 bridgehead atoms. The van der Waals surface area contributed by atoms with E-state index in [-0.39, 0.29) is 31.7 Å². The topological polar surface area (TPSA) is 99.5 Å². The zero-order valence-electron chi connectivity index (χ0n) is 19.7. The van der Waals surface area contributed by atoms with Crippen LogP contribution < -0.4 is 10.1 Å². The van der Waals surface area contributed by atoms with Gasteiger partial charge in [0.15, 0.2) is 0 Å². The van der Waals surface area contributed by atoms with Crippen LogP contribution in [0.5, 0.6) is 5.88 Å². The van der Waals surface area contributed by atoms with Crippen LogP contribution in [0, 0.1) is 11.8 Å². The van der Waals surface area contributed by atoms with E-state index in [1.807, 2.05) is 30.3 Å². The van der Waals surface area contributed by atoms with Gasteiger partial charge in [-0.3, -0.25) is 8.98 Å². The first-order valence-corrected chi connectivity index (χ1v) is 13.5. The van der Waals surface area contributed by atoms with Gasteiger partial charge in [0.25, 0.3) is 16.0 Å². The molecule has 1 aromatic heterocycles. The normalized spacial score (nSPS) is 18.2. The van der Waals surface area contributed by atoms with Crippen LogP contribution in [0.3, 0.4) is 0 Å². The van der Waals surface area contributed by atoms with Crippen molar-refractivity contribution < 1.29 is 22.1 Å². The third-order valence-corrected chi connectivity index (χ3v) is 6.97. The molecular weight excluding hydrogens is 442 g/mol. The van der Waals surface area contributed by atoms with Crippen LogP contribution in [-0.2, 0) is 27.5 Å². The summed E-state index contributed by atoms with van der Waals surface area (Å²) in [6.45, 7) is 4.76. The van der Waals surface area contributed by atoms with Crippen molar-refractivity contribution in [3.63, 3.8) is 0 Å². The fraction of sp³-hybridized carbons (Fsp3) is 0.583. The third kappa shape index (κ3) is 7.30. The van der Waals surface area contributed by atoms with Crippen molar-refractivity contribution in [1.82, 2.24) is 15.1 Å². The van der Waals surface area contributed by atoms with Crippen LogP contribution in [0.4, 0.5) is 0 Å². The fourth-order valence-electron chi connectivity index (χ4n) is 4.18. The van der Waals surface area contributed by atoms with Crippen molar-refractivity contribution in [2.45, 2.75) is 65.1 Å². The summed E-state index contributed by atoms with van der Waals surface area (Å²) in [5.41, 5.74) is 1.30. The van der Waals surface area contributed by atoms with Crippen molar-refractivity contribution in [1.29, 1.82) is 0 Å². The van der Waals surface area contributed by atoms with Crippen molar-refractivity contribution in [2.24, 2.45) is 11.8 Å². The van der Waals surface area contributed by atoms with Gasteiger partial charge >= 0.3 is 0 Å². The molecule has 1 N–H and O–H groups in total. The SMILES string of the molecule is CCC(CC)CC1CCC1NC(=O)c1cnn(CCOS(C)(=O)=O)c1OCc1ccccc1. The molecule has 0 saturated heterocycles. The Balaban J connectivity index is 1.70. The number of amides is 1. The molecule has 9 heteroatoms. The van der Waals surface area contributed by atoms with Gasteiger partial charge in [-0.2, -0.15) is 13.5 Å². The predicted octanol–water partition coefficient (Wildman–Crippen LogP) is 3.77. The van der Waals surface area contributed by atoms with Gasteiger partial charge in [-0.05, 0) is 36.7 Å². The number of carbonyl (C=O) groups excluding carboxylic acids is 1. The van der Waals surface area contributed by atoms with Gasteiger partial charge in [-0.25, -0.2) is 4.68 Å². The Morgan fingerprint density at radius 1 is 1.21 bits per heavy atom. The van der Waals surface area contributed by atoms with E-state index >= 15 is 0 Å². The lowest BCUT2D eigenvalue weighted by atomic mass is 9.73. The zero-order chi connectivity index (χ0) is 23.8. The molecule has 8 nitrogen and oxygen atoms in total. The number of carbonyl (C=O) groups is 1. The molecule has 2 unspecified atom stereocenters.